The quantitative estimate of drug-likeness (QED) is 0.465. The number of hydrogen-bond acceptors (Lipinski definition) is 8. The van der Waals surface area contributed by atoms with Gasteiger partial charge in [-0.1, -0.05) is 12.1 Å². The molecule has 2 aromatic rings. The fourth-order valence-corrected chi connectivity index (χ4v) is 8.73. The third-order valence-corrected chi connectivity index (χ3v) is 10.7. The number of hydrogen-bond donors (Lipinski definition) is 2. The molecule has 3 heterocycles. The number of alkyl halides is 3. The summed E-state index contributed by atoms with van der Waals surface area (Å²) in [6.45, 7) is 3.48. The van der Waals surface area contributed by atoms with Gasteiger partial charge in [-0.15, -0.1) is 0 Å². The van der Waals surface area contributed by atoms with Crippen molar-refractivity contribution >= 4 is 34.9 Å². The molecule has 1 saturated heterocycles. The van der Waals surface area contributed by atoms with Gasteiger partial charge in [-0.3, -0.25) is 9.69 Å². The number of piperazine rings is 1. The molecule has 0 spiro atoms. The van der Waals surface area contributed by atoms with Crippen LogP contribution in [0.5, 0.6) is 0 Å². The van der Waals surface area contributed by atoms with E-state index in [1.807, 2.05) is 47.5 Å². The average Bonchev–Trinajstić information content (AvgIpc) is 3.02. The van der Waals surface area contributed by atoms with Crippen LogP contribution in [0.1, 0.15) is 38.5 Å². The zero-order valence-corrected chi connectivity index (χ0v) is 25.2. The average molecular weight is 628 g/mol. The predicted octanol–water partition coefficient (Wildman–Crippen LogP) is 4.44. The Balaban J connectivity index is 0.969. The van der Waals surface area contributed by atoms with E-state index in [0.29, 0.717) is 45.2 Å². The summed E-state index contributed by atoms with van der Waals surface area (Å²) in [5, 5.41) is 4.79. The number of carbonyl (C=O) groups excluding carboxylic acids is 2. The normalized spacial score (nSPS) is 29.4. The number of aromatic nitrogens is 1. The molecule has 4 bridgehead atoms. The van der Waals surface area contributed by atoms with Gasteiger partial charge in [0.2, 0.25) is 5.91 Å². The molecular formula is C32H40F3N7O3. The summed E-state index contributed by atoms with van der Waals surface area (Å²) >= 11 is 0. The maximum Gasteiger partial charge on any atom is 0.431 e. The van der Waals surface area contributed by atoms with Gasteiger partial charge in [0.1, 0.15) is 5.82 Å². The number of benzene rings is 1. The summed E-state index contributed by atoms with van der Waals surface area (Å²) in [6.07, 6.45) is 0.816. The molecular weight excluding hydrogens is 587 g/mol. The van der Waals surface area contributed by atoms with E-state index in [2.05, 4.69) is 15.1 Å². The van der Waals surface area contributed by atoms with Crippen LogP contribution in [0.4, 0.5) is 40.8 Å². The molecule has 242 valence electrons. The Morgan fingerprint density at radius 3 is 2.31 bits per heavy atom. The van der Waals surface area contributed by atoms with Gasteiger partial charge < -0.3 is 25.7 Å². The van der Waals surface area contributed by atoms with Crippen molar-refractivity contribution in [2.75, 3.05) is 60.7 Å². The lowest BCUT2D eigenvalue weighted by Gasteiger charge is -2.58. The Labute approximate surface area is 260 Å². The summed E-state index contributed by atoms with van der Waals surface area (Å²) in [5.41, 5.74) is 7.99. The number of rotatable bonds is 7. The Morgan fingerprint density at radius 1 is 0.956 bits per heavy atom. The standard InChI is InChI=1S/C32H40F3N7O3/c33-32(34,35)7-8-39-9-11-40(12-10-39)24-5-6-27(37-20-24)41-13-14-42(26-4-2-1-3-25(26)41)45-30(44)38-28-22-15-21-16-23(28)19-31(17-21,18-22)29(36)43/h1-6,20-23,28H,7-19H2,(H2,36,43)(H,38,44)/t21?,22-,23+,28?,31?. The molecule has 2 aliphatic heterocycles. The van der Waals surface area contributed by atoms with Gasteiger partial charge >= 0.3 is 12.3 Å². The SMILES string of the molecule is NC(=O)C12CC3C[C@H](C1)C(NC(=O)ON1CCN(c4ccc(N5CCN(CCC(F)(F)F)CC5)cn4)c4ccccc41)[C@@H](C3)C2. The lowest BCUT2D eigenvalue weighted by atomic mass is 9.47. The fourth-order valence-electron chi connectivity index (χ4n) is 8.73. The summed E-state index contributed by atoms with van der Waals surface area (Å²) in [6, 6.07) is 11.7. The molecule has 13 heteroatoms. The van der Waals surface area contributed by atoms with Crippen molar-refractivity contribution in [3.05, 3.63) is 42.6 Å². The van der Waals surface area contributed by atoms with Crippen molar-refractivity contribution in [1.82, 2.24) is 15.2 Å². The van der Waals surface area contributed by atoms with Crippen LogP contribution >= 0.6 is 0 Å². The highest BCUT2D eigenvalue weighted by atomic mass is 19.4. The number of carbonyl (C=O) groups is 2. The molecule has 2 amide bonds. The van der Waals surface area contributed by atoms with Crippen LogP contribution in [-0.4, -0.2) is 79.9 Å². The van der Waals surface area contributed by atoms with E-state index < -0.39 is 24.1 Å². The smallest absolute Gasteiger partial charge is 0.369 e. The number of hydroxylamine groups is 1. The number of para-hydroxylation sites is 2. The van der Waals surface area contributed by atoms with Crippen LogP contribution in [0.25, 0.3) is 0 Å². The number of nitrogens with two attached hydrogens (primary N) is 1. The van der Waals surface area contributed by atoms with E-state index in [4.69, 9.17) is 15.6 Å². The lowest BCUT2D eigenvalue weighted by molar-refractivity contribution is -0.145. The molecule has 10 nitrogen and oxygen atoms in total. The zero-order valence-electron chi connectivity index (χ0n) is 25.2. The second-order valence-corrected chi connectivity index (χ2v) is 13.5. The summed E-state index contributed by atoms with van der Waals surface area (Å²) in [4.78, 5) is 42.2. The van der Waals surface area contributed by atoms with E-state index >= 15 is 0 Å². The van der Waals surface area contributed by atoms with Crippen molar-refractivity contribution < 1.29 is 27.6 Å². The molecule has 1 aromatic heterocycles. The van der Waals surface area contributed by atoms with Gasteiger partial charge in [-0.2, -0.15) is 13.2 Å². The van der Waals surface area contributed by atoms with E-state index in [1.165, 1.54) is 0 Å². The first-order valence-electron chi connectivity index (χ1n) is 16.0. The third-order valence-electron chi connectivity index (χ3n) is 10.7. The molecule has 5 fully saturated rings. The Morgan fingerprint density at radius 2 is 1.67 bits per heavy atom. The molecule has 5 atom stereocenters. The molecule has 8 rings (SSSR count). The summed E-state index contributed by atoms with van der Waals surface area (Å²) < 4.78 is 37.8. The van der Waals surface area contributed by atoms with Gasteiger partial charge in [-0.25, -0.2) is 14.8 Å². The van der Waals surface area contributed by atoms with E-state index in [-0.39, 0.29) is 30.3 Å². The van der Waals surface area contributed by atoms with Crippen LogP contribution in [0.2, 0.25) is 0 Å². The first-order chi connectivity index (χ1) is 21.6. The van der Waals surface area contributed by atoms with Crippen molar-refractivity contribution in [3.8, 4) is 0 Å². The minimum Gasteiger partial charge on any atom is -0.369 e. The third kappa shape index (κ3) is 5.98. The molecule has 6 aliphatic rings. The van der Waals surface area contributed by atoms with E-state index in [1.54, 1.807) is 5.06 Å². The number of amides is 2. The van der Waals surface area contributed by atoms with Crippen molar-refractivity contribution in [3.63, 3.8) is 0 Å². The number of primary amides is 1. The summed E-state index contributed by atoms with van der Waals surface area (Å²) in [7, 11) is 0. The molecule has 0 radical (unpaired) electrons. The van der Waals surface area contributed by atoms with Crippen molar-refractivity contribution in [2.24, 2.45) is 28.9 Å². The number of nitrogens with zero attached hydrogens (tertiary/aromatic N) is 5. The van der Waals surface area contributed by atoms with Crippen LogP contribution in [0.3, 0.4) is 0 Å². The fraction of sp³-hybridized carbons (Fsp3) is 0.594. The zero-order chi connectivity index (χ0) is 31.3. The topological polar surface area (TPSA) is 107 Å². The van der Waals surface area contributed by atoms with Crippen LogP contribution < -0.4 is 25.9 Å². The maximum absolute atomic E-state index is 13.2. The van der Waals surface area contributed by atoms with Gasteiger partial charge in [0.05, 0.1) is 36.2 Å². The molecule has 1 aromatic carbocycles. The predicted molar refractivity (Wildman–Crippen MR) is 163 cm³/mol. The van der Waals surface area contributed by atoms with Crippen molar-refractivity contribution in [2.45, 2.75) is 50.7 Å². The maximum atomic E-state index is 13.2. The highest BCUT2D eigenvalue weighted by Crippen LogP contribution is 2.60. The van der Waals surface area contributed by atoms with Crippen LogP contribution in [0.15, 0.2) is 42.6 Å². The van der Waals surface area contributed by atoms with Crippen molar-refractivity contribution in [1.29, 1.82) is 0 Å². The molecule has 4 aliphatic carbocycles. The first kappa shape index (κ1) is 29.9. The molecule has 4 saturated carbocycles. The number of pyridine rings is 1. The van der Waals surface area contributed by atoms with E-state index in [9.17, 15) is 22.8 Å². The van der Waals surface area contributed by atoms with E-state index in [0.717, 1.165) is 55.0 Å². The highest BCUT2D eigenvalue weighted by molar-refractivity contribution is 5.82. The van der Waals surface area contributed by atoms with Crippen LogP contribution in [0, 0.1) is 23.2 Å². The minimum absolute atomic E-state index is 0.0105. The number of nitrogens with one attached hydrogen (secondary N) is 1. The highest BCUT2D eigenvalue weighted by Gasteiger charge is 2.58. The summed E-state index contributed by atoms with van der Waals surface area (Å²) in [5.74, 6) is 1.56. The Hall–Kier alpha value is -3.74. The van der Waals surface area contributed by atoms with Gasteiger partial charge in [-0.05, 0) is 74.1 Å². The minimum atomic E-state index is -4.13. The molecule has 3 unspecified atom stereocenters. The Kier molecular flexibility index (Phi) is 7.69. The monoisotopic (exact) mass is 627 g/mol. The second kappa shape index (κ2) is 11.6. The Bertz CT molecular complexity index is 1400. The van der Waals surface area contributed by atoms with Gasteiger partial charge in [0.15, 0.2) is 0 Å². The molecule has 45 heavy (non-hydrogen) atoms. The number of fused-ring (bicyclic) bond motifs is 1. The second-order valence-electron chi connectivity index (χ2n) is 13.5. The van der Waals surface area contributed by atoms with Gasteiger partial charge in [0.25, 0.3) is 0 Å². The lowest BCUT2D eigenvalue weighted by Crippen LogP contribution is -2.62. The number of halogens is 3. The van der Waals surface area contributed by atoms with Gasteiger partial charge in [0, 0.05) is 50.7 Å². The first-order valence-corrected chi connectivity index (χ1v) is 16.0. The number of anilines is 4. The van der Waals surface area contributed by atoms with Crippen LogP contribution in [-0.2, 0) is 9.63 Å². The molecule has 3 N–H and O–H groups in total. The largest absolute Gasteiger partial charge is 0.431 e.